The van der Waals surface area contributed by atoms with Gasteiger partial charge in [0.2, 0.25) is 0 Å². The van der Waals surface area contributed by atoms with Crippen molar-refractivity contribution in [2.24, 2.45) is 0 Å². The Morgan fingerprint density at radius 2 is 2.05 bits per heavy atom. The van der Waals surface area contributed by atoms with E-state index >= 15 is 0 Å². The molecule has 4 rings (SSSR count). The molecule has 6 heteroatoms. The van der Waals surface area contributed by atoms with Gasteiger partial charge < -0.3 is 9.97 Å². The molecule has 6 nitrogen and oxygen atoms in total. The number of hydrogen-bond donors (Lipinski definition) is 2. The summed E-state index contributed by atoms with van der Waals surface area (Å²) in [5.74, 6) is 0. The number of nitrogens with one attached hydrogen (secondary N) is 2. The summed E-state index contributed by atoms with van der Waals surface area (Å²) in [6, 6.07) is 5.54. The van der Waals surface area contributed by atoms with E-state index in [0.29, 0.717) is 11.0 Å². The van der Waals surface area contributed by atoms with E-state index in [1.807, 2.05) is 18.3 Å². The van der Waals surface area contributed by atoms with Gasteiger partial charge in [-0.1, -0.05) is 0 Å². The minimum atomic E-state index is -0.241. The van der Waals surface area contributed by atoms with Crippen LogP contribution in [0.2, 0.25) is 0 Å². The molecule has 0 aromatic carbocycles. The maximum Gasteiger partial charge on any atom is 0.277 e. The molecular weight excluding hydrogens is 254 g/mol. The van der Waals surface area contributed by atoms with E-state index in [0.717, 1.165) is 22.2 Å². The topological polar surface area (TPSA) is 87.3 Å². The first-order valence-corrected chi connectivity index (χ1v) is 6.09. The molecule has 2 N–H and O–H groups in total. The second kappa shape index (κ2) is 3.99. The van der Waals surface area contributed by atoms with Crippen LogP contribution in [-0.4, -0.2) is 24.9 Å². The van der Waals surface area contributed by atoms with Gasteiger partial charge in [0.05, 0.1) is 17.5 Å². The Morgan fingerprint density at radius 1 is 1.10 bits per heavy atom. The van der Waals surface area contributed by atoms with Crippen LogP contribution in [-0.2, 0) is 0 Å². The molecule has 0 aliphatic carbocycles. The van der Waals surface area contributed by atoms with Gasteiger partial charge in [0.25, 0.3) is 5.56 Å². The average Bonchev–Trinajstić information content (AvgIpc) is 2.91. The summed E-state index contributed by atoms with van der Waals surface area (Å²) < 4.78 is 0. The molecule has 0 fully saturated rings. The first-order chi connectivity index (χ1) is 9.83. The van der Waals surface area contributed by atoms with Gasteiger partial charge in [0.15, 0.2) is 5.52 Å². The first kappa shape index (κ1) is 10.9. The number of hydrogen-bond acceptors (Lipinski definition) is 4. The van der Waals surface area contributed by atoms with Crippen molar-refractivity contribution in [3.05, 3.63) is 53.5 Å². The van der Waals surface area contributed by atoms with Crippen LogP contribution in [0, 0.1) is 0 Å². The van der Waals surface area contributed by atoms with Crippen molar-refractivity contribution >= 4 is 21.9 Å². The van der Waals surface area contributed by atoms with Crippen LogP contribution in [0.1, 0.15) is 0 Å². The lowest BCUT2D eigenvalue weighted by molar-refractivity contribution is 1.15. The Kier molecular flexibility index (Phi) is 2.17. The zero-order valence-electron chi connectivity index (χ0n) is 10.3. The molecule has 0 saturated heterocycles. The van der Waals surface area contributed by atoms with Gasteiger partial charge in [-0.3, -0.25) is 9.78 Å². The molecule has 4 aromatic heterocycles. The van der Waals surface area contributed by atoms with E-state index < -0.39 is 0 Å². The Morgan fingerprint density at radius 3 is 3.00 bits per heavy atom. The van der Waals surface area contributed by atoms with Crippen molar-refractivity contribution in [1.29, 1.82) is 0 Å². The van der Waals surface area contributed by atoms with E-state index in [4.69, 9.17) is 0 Å². The van der Waals surface area contributed by atoms with Crippen LogP contribution >= 0.6 is 0 Å². The zero-order valence-corrected chi connectivity index (χ0v) is 10.3. The summed E-state index contributed by atoms with van der Waals surface area (Å²) in [6.45, 7) is 0. The van der Waals surface area contributed by atoms with Crippen LogP contribution in [0.3, 0.4) is 0 Å². The van der Waals surface area contributed by atoms with Gasteiger partial charge in [0, 0.05) is 35.1 Å². The number of H-pyrrole nitrogens is 2. The number of nitrogens with zero attached hydrogens (tertiary/aromatic N) is 3. The van der Waals surface area contributed by atoms with Crippen LogP contribution < -0.4 is 5.56 Å². The molecule has 0 radical (unpaired) electrons. The van der Waals surface area contributed by atoms with Crippen LogP contribution in [0.25, 0.3) is 33.2 Å². The summed E-state index contributed by atoms with van der Waals surface area (Å²) >= 11 is 0. The third-order valence-electron chi connectivity index (χ3n) is 3.25. The van der Waals surface area contributed by atoms with Gasteiger partial charge in [-0.2, -0.15) is 0 Å². The van der Waals surface area contributed by atoms with Crippen LogP contribution in [0.5, 0.6) is 0 Å². The largest absolute Gasteiger partial charge is 0.360 e. The van der Waals surface area contributed by atoms with Crippen molar-refractivity contribution in [1.82, 2.24) is 24.9 Å². The fourth-order valence-corrected chi connectivity index (χ4v) is 2.28. The van der Waals surface area contributed by atoms with Crippen molar-refractivity contribution < 1.29 is 0 Å². The minimum Gasteiger partial charge on any atom is -0.360 e. The summed E-state index contributed by atoms with van der Waals surface area (Å²) in [4.78, 5) is 30.1. The highest BCUT2D eigenvalue weighted by molar-refractivity contribution is 5.94. The molecular formula is C14H9N5O. The lowest BCUT2D eigenvalue weighted by atomic mass is 10.1. The van der Waals surface area contributed by atoms with Crippen LogP contribution in [0.4, 0.5) is 0 Å². The SMILES string of the molecule is O=c1[nH]cnc2ccc(-c3c[nH]c4ccncc34)nc12. The highest BCUT2D eigenvalue weighted by Gasteiger charge is 2.09. The number of rotatable bonds is 1. The van der Waals surface area contributed by atoms with E-state index in [1.54, 1.807) is 18.5 Å². The molecule has 0 aliphatic heterocycles. The minimum absolute atomic E-state index is 0.241. The van der Waals surface area contributed by atoms with E-state index in [2.05, 4.69) is 24.9 Å². The molecule has 0 saturated carbocycles. The Hall–Kier alpha value is -3.02. The normalized spacial score (nSPS) is 11.2. The van der Waals surface area contributed by atoms with E-state index in [1.165, 1.54) is 6.33 Å². The lowest BCUT2D eigenvalue weighted by Gasteiger charge is -2.00. The predicted molar refractivity (Wildman–Crippen MR) is 75.2 cm³/mol. The summed E-state index contributed by atoms with van der Waals surface area (Å²) in [5.41, 5.74) is 3.29. The molecule has 0 spiro atoms. The fourth-order valence-electron chi connectivity index (χ4n) is 2.28. The second-order valence-corrected chi connectivity index (χ2v) is 4.42. The van der Waals surface area contributed by atoms with Gasteiger partial charge >= 0.3 is 0 Å². The smallest absolute Gasteiger partial charge is 0.277 e. The second-order valence-electron chi connectivity index (χ2n) is 4.42. The van der Waals surface area contributed by atoms with Gasteiger partial charge in [-0.15, -0.1) is 0 Å². The molecule has 4 heterocycles. The van der Waals surface area contributed by atoms with Crippen molar-refractivity contribution in [3.63, 3.8) is 0 Å². The highest BCUT2D eigenvalue weighted by Crippen LogP contribution is 2.26. The highest BCUT2D eigenvalue weighted by atomic mass is 16.1. The number of fused-ring (bicyclic) bond motifs is 2. The molecule has 0 atom stereocenters. The molecule has 0 amide bonds. The summed E-state index contributed by atoms with van der Waals surface area (Å²) in [7, 11) is 0. The fraction of sp³-hybridized carbons (Fsp3) is 0. The molecule has 20 heavy (non-hydrogen) atoms. The molecule has 0 aliphatic rings. The standard InChI is InChI=1S/C14H9N5O/c20-14-13-12(17-7-18-14)2-1-11(19-13)9-6-16-10-3-4-15-5-8(9)10/h1-7,16H,(H,17,18,20). The van der Waals surface area contributed by atoms with Crippen molar-refractivity contribution in [3.8, 4) is 11.3 Å². The first-order valence-electron chi connectivity index (χ1n) is 6.09. The average molecular weight is 263 g/mol. The quantitative estimate of drug-likeness (QED) is 0.548. The van der Waals surface area contributed by atoms with Crippen molar-refractivity contribution in [2.45, 2.75) is 0 Å². The Bertz CT molecular complexity index is 985. The maximum atomic E-state index is 11.8. The molecule has 0 unspecified atom stereocenters. The zero-order chi connectivity index (χ0) is 13.5. The molecule has 96 valence electrons. The maximum absolute atomic E-state index is 11.8. The van der Waals surface area contributed by atoms with Gasteiger partial charge in [-0.05, 0) is 18.2 Å². The Balaban J connectivity index is 2.03. The Labute approximate surface area is 112 Å². The number of aromatic nitrogens is 5. The molecule has 4 aromatic rings. The number of pyridine rings is 2. The predicted octanol–water partition coefficient (Wildman–Crippen LogP) is 1.86. The summed E-state index contributed by atoms with van der Waals surface area (Å²) in [6.07, 6.45) is 6.75. The van der Waals surface area contributed by atoms with E-state index in [-0.39, 0.29) is 5.56 Å². The van der Waals surface area contributed by atoms with Gasteiger partial charge in [-0.25, -0.2) is 9.97 Å². The third kappa shape index (κ3) is 1.51. The third-order valence-corrected chi connectivity index (χ3v) is 3.25. The van der Waals surface area contributed by atoms with E-state index in [9.17, 15) is 4.79 Å². The summed E-state index contributed by atoms with van der Waals surface area (Å²) in [5, 5.41) is 0.972. The van der Waals surface area contributed by atoms with Gasteiger partial charge in [0.1, 0.15) is 0 Å². The van der Waals surface area contributed by atoms with Crippen LogP contribution in [0.15, 0.2) is 47.9 Å². The lowest BCUT2D eigenvalue weighted by Crippen LogP contribution is -2.08. The van der Waals surface area contributed by atoms with Crippen molar-refractivity contribution in [2.75, 3.05) is 0 Å². The monoisotopic (exact) mass is 263 g/mol. The molecule has 0 bridgehead atoms. The number of aromatic amines is 2.